The van der Waals surface area contributed by atoms with E-state index in [1.165, 1.54) is 0 Å². The maximum absolute atomic E-state index is 11.4. The van der Waals surface area contributed by atoms with Crippen molar-refractivity contribution < 1.29 is 9.53 Å². The molecule has 0 aliphatic rings. The van der Waals surface area contributed by atoms with Crippen molar-refractivity contribution in [3.63, 3.8) is 0 Å². The summed E-state index contributed by atoms with van der Waals surface area (Å²) >= 11 is 8.99. The molecule has 0 N–H and O–H groups in total. The largest absolute Gasteiger partial charge is 0.489 e. The van der Waals surface area contributed by atoms with Crippen LogP contribution in [0.4, 0.5) is 0 Å². The fraction of sp³-hybridized carbons (Fsp3) is 0.133. The summed E-state index contributed by atoms with van der Waals surface area (Å²) < 4.78 is 6.57. The SMILES string of the molecule is Cc1ccccc1OCc1c(Br)cccc1C(=O)Cl. The molecule has 0 aliphatic heterocycles. The summed E-state index contributed by atoms with van der Waals surface area (Å²) in [7, 11) is 0. The Hall–Kier alpha value is -1.32. The third-order valence-electron chi connectivity index (χ3n) is 2.80. The summed E-state index contributed by atoms with van der Waals surface area (Å²) in [5.41, 5.74) is 2.27. The first kappa shape index (κ1) is 14.1. The lowest BCUT2D eigenvalue weighted by Crippen LogP contribution is -2.04. The molecule has 2 aromatic carbocycles. The van der Waals surface area contributed by atoms with Crippen LogP contribution in [-0.2, 0) is 6.61 Å². The first-order valence-electron chi connectivity index (χ1n) is 5.75. The molecule has 0 saturated heterocycles. The lowest BCUT2D eigenvalue weighted by molar-refractivity contribution is 0.107. The van der Waals surface area contributed by atoms with Crippen molar-refractivity contribution in [2.75, 3.05) is 0 Å². The maximum Gasteiger partial charge on any atom is 0.252 e. The van der Waals surface area contributed by atoms with Gasteiger partial charge in [-0.1, -0.05) is 40.2 Å². The zero-order valence-electron chi connectivity index (χ0n) is 10.3. The number of benzene rings is 2. The highest BCUT2D eigenvalue weighted by Crippen LogP contribution is 2.25. The summed E-state index contributed by atoms with van der Waals surface area (Å²) in [6, 6.07) is 13.1. The molecular weight excluding hydrogens is 328 g/mol. The monoisotopic (exact) mass is 338 g/mol. The molecule has 0 spiro atoms. The van der Waals surface area contributed by atoms with Crippen LogP contribution in [0.25, 0.3) is 0 Å². The van der Waals surface area contributed by atoms with Crippen LogP contribution in [0, 0.1) is 6.92 Å². The number of hydrogen-bond donors (Lipinski definition) is 0. The van der Waals surface area contributed by atoms with Gasteiger partial charge in [-0.25, -0.2) is 0 Å². The van der Waals surface area contributed by atoms with Crippen molar-refractivity contribution in [3.05, 3.63) is 63.6 Å². The molecule has 2 aromatic rings. The number of aryl methyl sites for hydroxylation is 1. The molecule has 0 heterocycles. The minimum Gasteiger partial charge on any atom is -0.489 e. The normalized spacial score (nSPS) is 10.3. The Bertz CT molecular complexity index is 611. The molecule has 0 aromatic heterocycles. The molecule has 0 fully saturated rings. The first-order valence-corrected chi connectivity index (χ1v) is 6.92. The van der Waals surface area contributed by atoms with Crippen molar-refractivity contribution in [1.29, 1.82) is 0 Å². The van der Waals surface area contributed by atoms with E-state index in [1.807, 2.05) is 37.3 Å². The average molecular weight is 340 g/mol. The fourth-order valence-corrected chi connectivity index (χ4v) is 2.42. The van der Waals surface area contributed by atoms with E-state index in [9.17, 15) is 4.79 Å². The minimum absolute atomic E-state index is 0.292. The Balaban J connectivity index is 2.25. The third kappa shape index (κ3) is 3.37. The van der Waals surface area contributed by atoms with Crippen molar-refractivity contribution in [3.8, 4) is 5.75 Å². The molecule has 0 aliphatic carbocycles. The number of rotatable bonds is 4. The Kier molecular flexibility index (Phi) is 4.61. The summed E-state index contributed by atoms with van der Waals surface area (Å²) in [6.07, 6.45) is 0. The smallest absolute Gasteiger partial charge is 0.252 e. The predicted octanol–water partition coefficient (Wildman–Crippen LogP) is 4.72. The number of carbonyl (C=O) groups is 1. The zero-order chi connectivity index (χ0) is 13.8. The fourth-order valence-electron chi connectivity index (χ4n) is 1.76. The second kappa shape index (κ2) is 6.22. The van der Waals surface area contributed by atoms with Crippen LogP contribution in [0.2, 0.25) is 0 Å². The summed E-state index contributed by atoms with van der Waals surface area (Å²) in [5.74, 6) is 0.797. The molecule has 0 radical (unpaired) electrons. The van der Waals surface area contributed by atoms with E-state index in [0.717, 1.165) is 21.3 Å². The number of ether oxygens (including phenoxy) is 1. The molecule has 4 heteroatoms. The van der Waals surface area contributed by atoms with Gasteiger partial charge in [0.05, 0.1) is 0 Å². The van der Waals surface area contributed by atoms with Crippen molar-refractivity contribution >= 4 is 32.8 Å². The highest BCUT2D eigenvalue weighted by atomic mass is 79.9. The first-order chi connectivity index (χ1) is 9.09. The van der Waals surface area contributed by atoms with Gasteiger partial charge >= 0.3 is 0 Å². The molecule has 0 amide bonds. The molecule has 19 heavy (non-hydrogen) atoms. The molecule has 2 nitrogen and oxygen atoms in total. The van der Waals surface area contributed by atoms with E-state index in [1.54, 1.807) is 12.1 Å². The van der Waals surface area contributed by atoms with Crippen LogP contribution in [0.5, 0.6) is 5.75 Å². The van der Waals surface area contributed by atoms with Crippen molar-refractivity contribution in [1.82, 2.24) is 0 Å². The molecule has 98 valence electrons. The van der Waals surface area contributed by atoms with Gasteiger partial charge in [0, 0.05) is 15.6 Å². The van der Waals surface area contributed by atoms with Gasteiger partial charge in [0.15, 0.2) is 0 Å². The molecule has 0 atom stereocenters. The predicted molar refractivity (Wildman–Crippen MR) is 79.8 cm³/mol. The molecular formula is C15H12BrClO2. The quantitative estimate of drug-likeness (QED) is 0.754. The van der Waals surface area contributed by atoms with E-state index in [4.69, 9.17) is 16.3 Å². The Morgan fingerprint density at radius 3 is 2.63 bits per heavy atom. The second-order valence-electron chi connectivity index (χ2n) is 4.09. The maximum atomic E-state index is 11.4. The summed E-state index contributed by atoms with van der Waals surface area (Å²) in [5, 5.41) is -0.482. The lowest BCUT2D eigenvalue weighted by Gasteiger charge is -2.12. The van der Waals surface area contributed by atoms with Crippen molar-refractivity contribution in [2.24, 2.45) is 0 Å². The van der Waals surface area contributed by atoms with Gasteiger partial charge in [-0.3, -0.25) is 4.79 Å². The Labute approximate surface area is 125 Å². The summed E-state index contributed by atoms with van der Waals surface area (Å²) in [4.78, 5) is 11.4. The lowest BCUT2D eigenvalue weighted by atomic mass is 10.1. The Morgan fingerprint density at radius 1 is 1.21 bits per heavy atom. The molecule has 2 rings (SSSR count). The van der Waals surface area contributed by atoms with Crippen LogP contribution >= 0.6 is 27.5 Å². The molecule has 0 bridgehead atoms. The van der Waals surface area contributed by atoms with Gasteiger partial charge in [0.1, 0.15) is 12.4 Å². The highest BCUT2D eigenvalue weighted by Gasteiger charge is 2.12. The van der Waals surface area contributed by atoms with Crippen LogP contribution in [0.3, 0.4) is 0 Å². The van der Waals surface area contributed by atoms with E-state index < -0.39 is 5.24 Å². The van der Waals surface area contributed by atoms with Gasteiger partial charge in [0.25, 0.3) is 5.24 Å². The standard InChI is InChI=1S/C15H12BrClO2/c1-10-5-2-3-8-14(10)19-9-12-11(15(17)18)6-4-7-13(12)16/h2-8H,9H2,1H3. The molecule has 0 saturated carbocycles. The van der Waals surface area contributed by atoms with E-state index >= 15 is 0 Å². The van der Waals surface area contributed by atoms with Gasteiger partial charge in [-0.05, 0) is 42.3 Å². The van der Waals surface area contributed by atoms with Gasteiger partial charge in [0.2, 0.25) is 0 Å². The topological polar surface area (TPSA) is 26.3 Å². The number of carbonyl (C=O) groups excluding carboxylic acids is 1. The number of halogens is 2. The van der Waals surface area contributed by atoms with Crippen LogP contribution in [0.15, 0.2) is 46.9 Å². The highest BCUT2D eigenvalue weighted by molar-refractivity contribution is 9.10. The van der Waals surface area contributed by atoms with E-state index in [0.29, 0.717) is 12.2 Å². The van der Waals surface area contributed by atoms with Crippen LogP contribution in [-0.4, -0.2) is 5.24 Å². The zero-order valence-corrected chi connectivity index (χ0v) is 12.7. The molecule has 0 unspecified atom stereocenters. The van der Waals surface area contributed by atoms with E-state index in [2.05, 4.69) is 15.9 Å². The number of para-hydroxylation sites is 1. The summed E-state index contributed by atoms with van der Waals surface area (Å²) in [6.45, 7) is 2.27. The average Bonchev–Trinajstić information content (AvgIpc) is 2.38. The Morgan fingerprint density at radius 2 is 1.95 bits per heavy atom. The van der Waals surface area contributed by atoms with E-state index in [-0.39, 0.29) is 0 Å². The van der Waals surface area contributed by atoms with Crippen molar-refractivity contribution in [2.45, 2.75) is 13.5 Å². The number of hydrogen-bond acceptors (Lipinski definition) is 2. The minimum atomic E-state index is -0.482. The van der Waals surface area contributed by atoms with Gasteiger partial charge < -0.3 is 4.74 Å². The van der Waals surface area contributed by atoms with Crippen LogP contribution < -0.4 is 4.74 Å². The van der Waals surface area contributed by atoms with Gasteiger partial charge in [-0.15, -0.1) is 0 Å². The third-order valence-corrected chi connectivity index (χ3v) is 3.74. The van der Waals surface area contributed by atoms with Crippen LogP contribution in [0.1, 0.15) is 21.5 Å². The second-order valence-corrected chi connectivity index (χ2v) is 5.29. The van der Waals surface area contributed by atoms with Gasteiger partial charge in [-0.2, -0.15) is 0 Å².